The Morgan fingerprint density at radius 2 is 1.66 bits per heavy atom. The third-order valence-electron chi connectivity index (χ3n) is 4.69. The van der Waals surface area contributed by atoms with Crippen molar-refractivity contribution in [3.05, 3.63) is 29.3 Å². The van der Waals surface area contributed by atoms with Crippen LogP contribution in [0.25, 0.3) is 0 Å². The van der Waals surface area contributed by atoms with Crippen molar-refractivity contribution in [1.82, 2.24) is 9.21 Å². The number of hydrogen-bond acceptors (Lipinski definition) is 3. The molecule has 0 atom stereocenters. The molecule has 5 nitrogen and oxygen atoms in total. The van der Waals surface area contributed by atoms with E-state index in [1.54, 1.807) is 27.7 Å². The molecule has 1 heterocycles. The van der Waals surface area contributed by atoms with Crippen LogP contribution in [0.15, 0.2) is 23.1 Å². The van der Waals surface area contributed by atoms with Gasteiger partial charge in [0.15, 0.2) is 0 Å². The van der Waals surface area contributed by atoms with Crippen molar-refractivity contribution in [3.63, 3.8) is 0 Å². The molecule has 1 aliphatic rings. The molecule has 0 saturated carbocycles. The number of aryl methyl sites for hydroxylation is 1. The minimum absolute atomic E-state index is 0.0204. The van der Waals surface area contributed by atoms with Crippen molar-refractivity contribution < 1.29 is 26.4 Å². The topological polar surface area (TPSA) is 57.7 Å². The van der Waals surface area contributed by atoms with Crippen molar-refractivity contribution in [2.75, 3.05) is 26.2 Å². The van der Waals surface area contributed by atoms with Gasteiger partial charge in [-0.2, -0.15) is 17.5 Å². The van der Waals surface area contributed by atoms with Crippen molar-refractivity contribution in [2.24, 2.45) is 5.41 Å². The summed E-state index contributed by atoms with van der Waals surface area (Å²) in [6, 6.07) is 4.08. The van der Waals surface area contributed by atoms with Gasteiger partial charge < -0.3 is 4.90 Å². The van der Waals surface area contributed by atoms with Crippen LogP contribution in [0.5, 0.6) is 0 Å². The van der Waals surface area contributed by atoms with Gasteiger partial charge in [-0.25, -0.2) is 8.42 Å². The maximum atomic E-state index is 13.0. The van der Waals surface area contributed by atoms with Gasteiger partial charge in [0.25, 0.3) is 5.91 Å². The standard InChI is InChI=1S/C20H29F3N2O3S/c1-15-8-9-16(12-17(15)29(27,28)25-10-6-5-7-11-25)18(26)24(13-19(2,3)4)14-20(21,22)23/h8-9,12H,5-7,10-11,13-14H2,1-4H3. The molecule has 0 aliphatic carbocycles. The molecule has 0 N–H and O–H groups in total. The lowest BCUT2D eigenvalue weighted by atomic mass is 9.95. The maximum Gasteiger partial charge on any atom is 0.406 e. The molecule has 2 rings (SSSR count). The van der Waals surface area contributed by atoms with Gasteiger partial charge in [0.05, 0.1) is 4.90 Å². The number of amides is 1. The van der Waals surface area contributed by atoms with Gasteiger partial charge in [0.2, 0.25) is 10.0 Å². The fourth-order valence-electron chi connectivity index (χ4n) is 3.43. The van der Waals surface area contributed by atoms with Crippen LogP contribution < -0.4 is 0 Å². The SMILES string of the molecule is Cc1ccc(C(=O)N(CC(C)(C)C)CC(F)(F)F)cc1S(=O)(=O)N1CCCCC1. The third kappa shape index (κ3) is 6.44. The van der Waals surface area contributed by atoms with Crippen molar-refractivity contribution >= 4 is 15.9 Å². The van der Waals surface area contributed by atoms with E-state index in [-0.39, 0.29) is 17.0 Å². The lowest BCUT2D eigenvalue weighted by Gasteiger charge is -2.31. The number of carbonyl (C=O) groups excluding carboxylic acids is 1. The van der Waals surface area contributed by atoms with Gasteiger partial charge in [-0.05, 0) is 42.9 Å². The Bertz CT molecular complexity index is 824. The number of sulfonamides is 1. The van der Waals surface area contributed by atoms with Crippen LogP contribution >= 0.6 is 0 Å². The molecule has 29 heavy (non-hydrogen) atoms. The van der Waals surface area contributed by atoms with E-state index in [4.69, 9.17) is 0 Å². The summed E-state index contributed by atoms with van der Waals surface area (Å²) in [6.45, 7) is 6.17. The zero-order valence-corrected chi connectivity index (χ0v) is 18.2. The summed E-state index contributed by atoms with van der Waals surface area (Å²) in [5.74, 6) is -0.827. The number of nitrogens with zero attached hydrogens (tertiary/aromatic N) is 2. The van der Waals surface area contributed by atoms with E-state index >= 15 is 0 Å². The normalized spacial score (nSPS) is 16.7. The first-order chi connectivity index (χ1) is 13.2. The van der Waals surface area contributed by atoms with E-state index in [0.717, 1.165) is 24.2 Å². The molecule has 164 valence electrons. The fraction of sp³-hybridized carbons (Fsp3) is 0.650. The van der Waals surface area contributed by atoms with E-state index in [1.807, 2.05) is 0 Å². The number of carbonyl (C=O) groups is 1. The Morgan fingerprint density at radius 3 is 2.17 bits per heavy atom. The van der Waals surface area contributed by atoms with E-state index in [0.29, 0.717) is 18.7 Å². The van der Waals surface area contributed by atoms with Gasteiger partial charge >= 0.3 is 6.18 Å². The number of halogens is 3. The summed E-state index contributed by atoms with van der Waals surface area (Å²) < 4.78 is 66.6. The Balaban J connectivity index is 2.40. The largest absolute Gasteiger partial charge is 0.406 e. The first-order valence-corrected chi connectivity index (χ1v) is 11.1. The molecule has 1 fully saturated rings. The minimum Gasteiger partial charge on any atom is -0.329 e. The predicted molar refractivity (Wildman–Crippen MR) is 105 cm³/mol. The van der Waals surface area contributed by atoms with Gasteiger partial charge in [0.1, 0.15) is 6.54 Å². The van der Waals surface area contributed by atoms with E-state index in [1.165, 1.54) is 22.5 Å². The molecule has 1 aromatic carbocycles. The Morgan fingerprint density at radius 1 is 1.07 bits per heavy atom. The second-order valence-corrected chi connectivity index (χ2v) is 10.7. The Kier molecular flexibility index (Phi) is 7.05. The van der Waals surface area contributed by atoms with Crippen LogP contribution in [0.1, 0.15) is 56.0 Å². The number of alkyl halides is 3. The zero-order valence-electron chi connectivity index (χ0n) is 17.3. The summed E-state index contributed by atoms with van der Waals surface area (Å²) in [4.78, 5) is 13.6. The molecule has 9 heteroatoms. The highest BCUT2D eigenvalue weighted by atomic mass is 32.2. The maximum absolute atomic E-state index is 13.0. The number of rotatable bonds is 5. The van der Waals surface area contributed by atoms with Crippen LogP contribution in [0.3, 0.4) is 0 Å². The molecule has 1 saturated heterocycles. The fourth-order valence-corrected chi connectivity index (χ4v) is 5.19. The lowest BCUT2D eigenvalue weighted by molar-refractivity contribution is -0.142. The number of benzene rings is 1. The van der Waals surface area contributed by atoms with Crippen LogP contribution in [0.4, 0.5) is 13.2 Å². The molecule has 1 aromatic rings. The van der Waals surface area contributed by atoms with Crippen molar-refractivity contribution in [3.8, 4) is 0 Å². The summed E-state index contributed by atoms with van der Waals surface area (Å²) in [6.07, 6.45) is -2.05. The average molecular weight is 435 g/mol. The van der Waals surface area contributed by atoms with Crippen LogP contribution in [-0.2, 0) is 10.0 Å². The van der Waals surface area contributed by atoms with E-state index in [2.05, 4.69) is 0 Å². The van der Waals surface area contributed by atoms with Crippen molar-refractivity contribution in [1.29, 1.82) is 0 Å². The highest BCUT2D eigenvalue weighted by molar-refractivity contribution is 7.89. The Labute approximate surface area is 170 Å². The number of hydrogen-bond donors (Lipinski definition) is 0. The van der Waals surface area contributed by atoms with Gasteiger partial charge in [-0.3, -0.25) is 4.79 Å². The highest BCUT2D eigenvalue weighted by Gasteiger charge is 2.36. The first kappa shape index (κ1) is 23.7. The zero-order chi connectivity index (χ0) is 22.0. The molecule has 0 spiro atoms. The molecular weight excluding hydrogens is 405 g/mol. The summed E-state index contributed by atoms with van der Waals surface area (Å²) >= 11 is 0. The average Bonchev–Trinajstić information content (AvgIpc) is 2.59. The molecule has 1 amide bonds. The second-order valence-electron chi connectivity index (χ2n) is 8.78. The molecule has 0 unspecified atom stereocenters. The molecule has 1 aliphatic heterocycles. The third-order valence-corrected chi connectivity index (χ3v) is 6.73. The molecule has 0 radical (unpaired) electrons. The van der Waals surface area contributed by atoms with Crippen molar-refractivity contribution in [2.45, 2.75) is 58.0 Å². The van der Waals surface area contributed by atoms with Crippen LogP contribution in [0.2, 0.25) is 0 Å². The summed E-state index contributed by atoms with van der Waals surface area (Å²) in [7, 11) is -3.80. The quantitative estimate of drug-likeness (QED) is 0.697. The predicted octanol–water partition coefficient (Wildman–Crippen LogP) is 4.22. The van der Waals surface area contributed by atoms with Gasteiger partial charge in [0, 0.05) is 25.2 Å². The molecule has 0 aromatic heterocycles. The molecule has 0 bridgehead atoms. The van der Waals surface area contributed by atoms with Crippen LogP contribution in [-0.4, -0.2) is 55.9 Å². The summed E-state index contributed by atoms with van der Waals surface area (Å²) in [5.41, 5.74) is -0.140. The Hall–Kier alpha value is -1.61. The minimum atomic E-state index is -4.55. The second kappa shape index (κ2) is 8.63. The monoisotopic (exact) mass is 434 g/mol. The summed E-state index contributed by atoms with van der Waals surface area (Å²) in [5, 5.41) is 0. The molecular formula is C20H29F3N2O3S. The van der Waals surface area contributed by atoms with E-state index < -0.39 is 34.1 Å². The highest BCUT2D eigenvalue weighted by Crippen LogP contribution is 2.27. The number of piperidine rings is 1. The lowest BCUT2D eigenvalue weighted by Crippen LogP contribution is -2.43. The van der Waals surface area contributed by atoms with Gasteiger partial charge in [-0.15, -0.1) is 0 Å². The first-order valence-electron chi connectivity index (χ1n) is 9.67. The van der Waals surface area contributed by atoms with Crippen LogP contribution in [0, 0.1) is 12.3 Å². The van der Waals surface area contributed by atoms with E-state index in [9.17, 15) is 26.4 Å². The smallest absolute Gasteiger partial charge is 0.329 e. The van der Waals surface area contributed by atoms with Gasteiger partial charge in [-0.1, -0.05) is 33.3 Å².